The SMILES string of the molecule is COCCn1nc(C(=O)NC(C)c2ccc(Cl)c(Cl)c2)ccc1=O. The van der Waals surface area contributed by atoms with E-state index in [1.54, 1.807) is 18.2 Å². The van der Waals surface area contributed by atoms with E-state index in [-0.39, 0.29) is 29.7 Å². The highest BCUT2D eigenvalue weighted by molar-refractivity contribution is 6.42. The van der Waals surface area contributed by atoms with Crippen LogP contribution in [0.2, 0.25) is 10.0 Å². The lowest BCUT2D eigenvalue weighted by Crippen LogP contribution is -2.31. The summed E-state index contributed by atoms with van der Waals surface area (Å²) in [5.74, 6) is -0.389. The van der Waals surface area contributed by atoms with E-state index in [1.165, 1.54) is 23.9 Å². The van der Waals surface area contributed by atoms with E-state index >= 15 is 0 Å². The molecule has 0 fully saturated rings. The second kappa shape index (κ2) is 8.28. The van der Waals surface area contributed by atoms with Gasteiger partial charge in [0.2, 0.25) is 0 Å². The normalized spacial score (nSPS) is 12.0. The number of carbonyl (C=O) groups is 1. The van der Waals surface area contributed by atoms with Gasteiger partial charge in [-0.15, -0.1) is 0 Å². The number of ether oxygens (including phenoxy) is 1. The highest BCUT2D eigenvalue weighted by Gasteiger charge is 2.14. The van der Waals surface area contributed by atoms with Crippen LogP contribution in [0.3, 0.4) is 0 Å². The number of methoxy groups -OCH3 is 1. The minimum Gasteiger partial charge on any atom is -0.383 e. The van der Waals surface area contributed by atoms with E-state index in [0.29, 0.717) is 16.7 Å². The molecule has 1 N–H and O–H groups in total. The molecule has 8 heteroatoms. The van der Waals surface area contributed by atoms with E-state index in [4.69, 9.17) is 27.9 Å². The van der Waals surface area contributed by atoms with Gasteiger partial charge in [-0.05, 0) is 30.7 Å². The molecule has 6 nitrogen and oxygen atoms in total. The quantitative estimate of drug-likeness (QED) is 0.849. The fraction of sp³-hybridized carbons (Fsp3) is 0.312. The van der Waals surface area contributed by atoms with Gasteiger partial charge in [-0.3, -0.25) is 9.59 Å². The fourth-order valence-corrected chi connectivity index (χ4v) is 2.35. The maximum absolute atomic E-state index is 12.3. The molecule has 0 aliphatic heterocycles. The summed E-state index contributed by atoms with van der Waals surface area (Å²) < 4.78 is 6.12. The molecule has 24 heavy (non-hydrogen) atoms. The average molecular weight is 370 g/mol. The van der Waals surface area contributed by atoms with Crippen molar-refractivity contribution in [2.45, 2.75) is 19.5 Å². The van der Waals surface area contributed by atoms with E-state index in [1.807, 2.05) is 6.92 Å². The molecule has 2 aromatic rings. The number of amides is 1. The third-order valence-electron chi connectivity index (χ3n) is 3.40. The van der Waals surface area contributed by atoms with Gasteiger partial charge < -0.3 is 10.1 Å². The summed E-state index contributed by atoms with van der Waals surface area (Å²) in [6, 6.07) is 7.55. The summed E-state index contributed by atoms with van der Waals surface area (Å²) in [6.45, 7) is 2.43. The first kappa shape index (κ1) is 18.4. The molecule has 1 atom stereocenters. The third-order valence-corrected chi connectivity index (χ3v) is 4.14. The Morgan fingerprint density at radius 2 is 2.04 bits per heavy atom. The summed E-state index contributed by atoms with van der Waals surface area (Å²) in [6.07, 6.45) is 0. The van der Waals surface area contributed by atoms with E-state index < -0.39 is 0 Å². The first-order valence-electron chi connectivity index (χ1n) is 7.25. The zero-order valence-corrected chi connectivity index (χ0v) is 14.8. The summed E-state index contributed by atoms with van der Waals surface area (Å²) in [4.78, 5) is 24.0. The number of halogens is 2. The number of rotatable bonds is 6. The molecule has 1 amide bonds. The molecule has 0 spiro atoms. The standard InChI is InChI=1S/C16H17Cl2N3O3/c1-10(11-3-4-12(17)13(18)9-11)19-16(23)14-5-6-15(22)21(20-14)7-8-24-2/h3-6,9-10H,7-8H2,1-2H3,(H,19,23). The lowest BCUT2D eigenvalue weighted by atomic mass is 10.1. The van der Waals surface area contributed by atoms with Crippen LogP contribution in [-0.2, 0) is 11.3 Å². The molecule has 1 unspecified atom stereocenters. The summed E-state index contributed by atoms with van der Waals surface area (Å²) in [5.41, 5.74) is 0.671. The minimum absolute atomic E-state index is 0.151. The molecule has 0 saturated carbocycles. The highest BCUT2D eigenvalue weighted by atomic mass is 35.5. The number of benzene rings is 1. The Morgan fingerprint density at radius 1 is 1.29 bits per heavy atom. The van der Waals surface area contributed by atoms with E-state index in [2.05, 4.69) is 10.4 Å². The molecular weight excluding hydrogens is 353 g/mol. The van der Waals surface area contributed by atoms with Crippen LogP contribution in [-0.4, -0.2) is 29.4 Å². The van der Waals surface area contributed by atoms with Crippen LogP contribution in [0, 0.1) is 0 Å². The number of aromatic nitrogens is 2. The van der Waals surface area contributed by atoms with Crippen molar-refractivity contribution < 1.29 is 9.53 Å². The largest absolute Gasteiger partial charge is 0.383 e. The van der Waals surface area contributed by atoms with Crippen molar-refractivity contribution in [3.05, 3.63) is 62.0 Å². The molecule has 128 valence electrons. The van der Waals surface area contributed by atoms with Crippen molar-refractivity contribution in [1.82, 2.24) is 15.1 Å². The van der Waals surface area contributed by atoms with E-state index in [0.717, 1.165) is 5.56 Å². The van der Waals surface area contributed by atoms with Crippen molar-refractivity contribution in [2.75, 3.05) is 13.7 Å². The van der Waals surface area contributed by atoms with Gasteiger partial charge in [0.25, 0.3) is 11.5 Å². The second-order valence-electron chi connectivity index (χ2n) is 5.14. The van der Waals surface area contributed by atoms with Crippen molar-refractivity contribution in [2.24, 2.45) is 0 Å². The Morgan fingerprint density at radius 3 is 2.71 bits per heavy atom. The van der Waals surface area contributed by atoms with Crippen LogP contribution >= 0.6 is 23.2 Å². The van der Waals surface area contributed by atoms with Gasteiger partial charge >= 0.3 is 0 Å². The lowest BCUT2D eigenvalue weighted by molar-refractivity contribution is 0.0931. The van der Waals surface area contributed by atoms with E-state index in [9.17, 15) is 9.59 Å². The zero-order valence-electron chi connectivity index (χ0n) is 13.3. The van der Waals surface area contributed by atoms with Crippen LogP contribution in [0.5, 0.6) is 0 Å². The molecular formula is C16H17Cl2N3O3. The Hall–Kier alpha value is -1.89. The van der Waals surface area contributed by atoms with Crippen molar-refractivity contribution in [3.8, 4) is 0 Å². The summed E-state index contributed by atoms with van der Waals surface area (Å²) in [7, 11) is 1.53. The minimum atomic E-state index is -0.389. The summed E-state index contributed by atoms with van der Waals surface area (Å²) >= 11 is 11.9. The predicted molar refractivity (Wildman–Crippen MR) is 92.7 cm³/mol. The maximum Gasteiger partial charge on any atom is 0.272 e. The molecule has 0 saturated heterocycles. The topological polar surface area (TPSA) is 73.2 Å². The van der Waals surface area contributed by atoms with Crippen molar-refractivity contribution >= 4 is 29.1 Å². The number of hydrogen-bond acceptors (Lipinski definition) is 4. The van der Waals surface area contributed by atoms with Gasteiger partial charge in [0.05, 0.1) is 29.2 Å². The van der Waals surface area contributed by atoms with Gasteiger partial charge in [0, 0.05) is 13.2 Å². The molecule has 0 aliphatic rings. The molecule has 0 bridgehead atoms. The Labute approximate surface area is 149 Å². The smallest absolute Gasteiger partial charge is 0.272 e. The number of carbonyl (C=O) groups excluding carboxylic acids is 1. The molecule has 1 aromatic carbocycles. The fourth-order valence-electron chi connectivity index (χ4n) is 2.04. The zero-order chi connectivity index (χ0) is 17.7. The molecule has 1 heterocycles. The molecule has 0 aliphatic carbocycles. The van der Waals surface area contributed by atoms with Crippen LogP contribution in [0.1, 0.15) is 29.0 Å². The van der Waals surface area contributed by atoms with Gasteiger partial charge in [-0.25, -0.2) is 4.68 Å². The number of nitrogens with zero attached hydrogens (tertiary/aromatic N) is 2. The molecule has 2 rings (SSSR count). The van der Waals surface area contributed by atoms with Gasteiger partial charge in [-0.1, -0.05) is 29.3 Å². The van der Waals surface area contributed by atoms with Crippen molar-refractivity contribution in [1.29, 1.82) is 0 Å². The monoisotopic (exact) mass is 369 g/mol. The van der Waals surface area contributed by atoms with Crippen LogP contribution < -0.4 is 10.9 Å². The maximum atomic E-state index is 12.3. The highest BCUT2D eigenvalue weighted by Crippen LogP contribution is 2.25. The first-order valence-corrected chi connectivity index (χ1v) is 8.01. The molecule has 0 radical (unpaired) electrons. The molecule has 1 aromatic heterocycles. The average Bonchev–Trinajstić information content (AvgIpc) is 2.56. The van der Waals surface area contributed by atoms with Crippen molar-refractivity contribution in [3.63, 3.8) is 0 Å². The first-order chi connectivity index (χ1) is 11.4. The van der Waals surface area contributed by atoms with Crippen LogP contribution in [0.15, 0.2) is 35.1 Å². The second-order valence-corrected chi connectivity index (χ2v) is 5.96. The van der Waals surface area contributed by atoms with Gasteiger partial charge in [0.1, 0.15) is 5.69 Å². The summed E-state index contributed by atoms with van der Waals surface area (Å²) in [5, 5.41) is 7.73. The Kier molecular flexibility index (Phi) is 6.36. The lowest BCUT2D eigenvalue weighted by Gasteiger charge is -2.15. The third kappa shape index (κ3) is 4.56. The Bertz CT molecular complexity index is 792. The van der Waals surface area contributed by atoms with Gasteiger partial charge in [0.15, 0.2) is 0 Å². The Balaban J connectivity index is 2.13. The van der Waals surface area contributed by atoms with Gasteiger partial charge in [-0.2, -0.15) is 5.10 Å². The van der Waals surface area contributed by atoms with Crippen LogP contribution in [0.4, 0.5) is 0 Å². The predicted octanol–water partition coefficient (Wildman–Crippen LogP) is 2.69. The van der Waals surface area contributed by atoms with Crippen LogP contribution in [0.25, 0.3) is 0 Å². The number of hydrogen-bond donors (Lipinski definition) is 1. The number of nitrogens with one attached hydrogen (secondary N) is 1.